The number of hydrogen-bond donors (Lipinski definition) is 1. The van der Waals surface area contributed by atoms with E-state index in [1.807, 2.05) is 18.2 Å². The fourth-order valence-corrected chi connectivity index (χ4v) is 3.21. The zero-order valence-electron chi connectivity index (χ0n) is 13.7. The Kier molecular flexibility index (Phi) is 4.95. The van der Waals surface area contributed by atoms with Crippen molar-refractivity contribution in [2.24, 2.45) is 0 Å². The van der Waals surface area contributed by atoms with Gasteiger partial charge in [0.05, 0.1) is 7.11 Å². The number of amides is 1. The lowest BCUT2D eigenvalue weighted by Crippen LogP contribution is -2.40. The number of aliphatic carboxylic acids is 1. The number of ether oxygens (including phenoxy) is 1. The summed E-state index contributed by atoms with van der Waals surface area (Å²) in [5.41, 5.74) is 2.12. The SMILES string of the molecule is COc1cc(C(=O)N2CCCC2C(=O)O)cc(-c2ccc(Cl)cc2)c1. The van der Waals surface area contributed by atoms with E-state index in [1.165, 1.54) is 12.0 Å². The number of nitrogens with zero attached hydrogens (tertiary/aromatic N) is 1. The summed E-state index contributed by atoms with van der Waals surface area (Å²) in [5.74, 6) is -0.715. The van der Waals surface area contributed by atoms with Crippen LogP contribution in [0, 0.1) is 0 Å². The summed E-state index contributed by atoms with van der Waals surface area (Å²) >= 11 is 5.93. The van der Waals surface area contributed by atoms with Crippen LogP contribution in [0.2, 0.25) is 5.02 Å². The number of hydrogen-bond acceptors (Lipinski definition) is 3. The molecule has 6 heteroatoms. The molecule has 1 atom stereocenters. The first kappa shape index (κ1) is 17.3. The molecule has 5 nitrogen and oxygen atoms in total. The Morgan fingerprint density at radius 1 is 1.16 bits per heavy atom. The molecule has 1 saturated heterocycles. The molecule has 1 heterocycles. The molecule has 1 aliphatic rings. The summed E-state index contributed by atoms with van der Waals surface area (Å²) in [5, 5.41) is 9.94. The quantitative estimate of drug-likeness (QED) is 0.903. The lowest BCUT2D eigenvalue weighted by atomic mass is 10.0. The number of carbonyl (C=O) groups excluding carboxylic acids is 1. The molecular formula is C19H18ClNO4. The lowest BCUT2D eigenvalue weighted by molar-refractivity contribution is -0.141. The minimum Gasteiger partial charge on any atom is -0.497 e. The zero-order chi connectivity index (χ0) is 18.0. The highest BCUT2D eigenvalue weighted by Crippen LogP contribution is 2.29. The predicted molar refractivity (Wildman–Crippen MR) is 95.1 cm³/mol. The molecule has 0 aliphatic carbocycles. The van der Waals surface area contributed by atoms with Gasteiger partial charge in [-0.25, -0.2) is 4.79 Å². The summed E-state index contributed by atoms with van der Waals surface area (Å²) < 4.78 is 5.31. The third-order valence-corrected chi connectivity index (χ3v) is 4.62. The molecule has 1 amide bonds. The maximum absolute atomic E-state index is 12.9. The van der Waals surface area contributed by atoms with Crippen LogP contribution in [0.1, 0.15) is 23.2 Å². The second kappa shape index (κ2) is 7.15. The van der Waals surface area contributed by atoms with Gasteiger partial charge in [-0.1, -0.05) is 23.7 Å². The van der Waals surface area contributed by atoms with Gasteiger partial charge in [0, 0.05) is 17.1 Å². The van der Waals surface area contributed by atoms with E-state index in [0.717, 1.165) is 11.1 Å². The van der Waals surface area contributed by atoms with E-state index < -0.39 is 12.0 Å². The summed E-state index contributed by atoms with van der Waals surface area (Å²) in [6, 6.07) is 11.7. The van der Waals surface area contributed by atoms with Crippen molar-refractivity contribution in [3.8, 4) is 16.9 Å². The maximum atomic E-state index is 12.9. The van der Waals surface area contributed by atoms with Crippen molar-refractivity contribution in [1.82, 2.24) is 4.90 Å². The number of carbonyl (C=O) groups is 2. The van der Waals surface area contributed by atoms with Crippen molar-refractivity contribution >= 4 is 23.5 Å². The smallest absolute Gasteiger partial charge is 0.326 e. The Balaban J connectivity index is 1.98. The second-order valence-electron chi connectivity index (χ2n) is 5.95. The number of halogens is 1. The zero-order valence-corrected chi connectivity index (χ0v) is 14.5. The fraction of sp³-hybridized carbons (Fsp3) is 0.263. The standard InChI is InChI=1S/C19H18ClNO4/c1-25-16-10-13(12-4-6-15(20)7-5-12)9-14(11-16)18(22)21-8-2-3-17(21)19(23)24/h4-7,9-11,17H,2-3,8H2,1H3,(H,23,24). The van der Waals surface area contributed by atoms with Gasteiger partial charge in [0.15, 0.2) is 0 Å². The molecule has 0 aromatic heterocycles. The molecule has 25 heavy (non-hydrogen) atoms. The molecule has 1 unspecified atom stereocenters. The molecular weight excluding hydrogens is 342 g/mol. The number of benzene rings is 2. The topological polar surface area (TPSA) is 66.8 Å². The summed E-state index contributed by atoms with van der Waals surface area (Å²) in [6.45, 7) is 0.448. The van der Waals surface area contributed by atoms with E-state index in [4.69, 9.17) is 16.3 Å². The molecule has 1 fully saturated rings. The summed E-state index contributed by atoms with van der Waals surface area (Å²) in [6.07, 6.45) is 1.17. The Labute approximate surface area is 150 Å². The van der Waals surface area contributed by atoms with Gasteiger partial charge in [0.25, 0.3) is 5.91 Å². The lowest BCUT2D eigenvalue weighted by Gasteiger charge is -2.22. The average molecular weight is 360 g/mol. The van der Waals surface area contributed by atoms with Crippen LogP contribution in [-0.4, -0.2) is 41.6 Å². The molecule has 1 N–H and O–H groups in total. The highest BCUT2D eigenvalue weighted by atomic mass is 35.5. The first-order valence-electron chi connectivity index (χ1n) is 7.98. The van der Waals surface area contributed by atoms with E-state index in [9.17, 15) is 14.7 Å². The van der Waals surface area contributed by atoms with Crippen LogP contribution in [-0.2, 0) is 4.79 Å². The number of carboxylic acids is 1. The summed E-state index contributed by atoms with van der Waals surface area (Å²) in [4.78, 5) is 25.6. The van der Waals surface area contributed by atoms with Gasteiger partial charge in [-0.3, -0.25) is 4.79 Å². The number of rotatable bonds is 4. The molecule has 0 bridgehead atoms. The van der Waals surface area contributed by atoms with Crippen molar-refractivity contribution < 1.29 is 19.4 Å². The van der Waals surface area contributed by atoms with E-state index in [1.54, 1.807) is 24.3 Å². The van der Waals surface area contributed by atoms with E-state index in [0.29, 0.717) is 35.7 Å². The van der Waals surface area contributed by atoms with Gasteiger partial charge in [-0.15, -0.1) is 0 Å². The van der Waals surface area contributed by atoms with Crippen molar-refractivity contribution in [2.75, 3.05) is 13.7 Å². The minimum atomic E-state index is -0.966. The van der Waals surface area contributed by atoms with Gasteiger partial charge >= 0.3 is 5.97 Å². The Bertz CT molecular complexity index is 804. The number of carboxylic acid groups (broad SMARTS) is 1. The maximum Gasteiger partial charge on any atom is 0.326 e. The van der Waals surface area contributed by atoms with Crippen LogP contribution in [0.4, 0.5) is 0 Å². The van der Waals surface area contributed by atoms with Crippen molar-refractivity contribution in [3.05, 3.63) is 53.1 Å². The van der Waals surface area contributed by atoms with Crippen molar-refractivity contribution in [2.45, 2.75) is 18.9 Å². The monoisotopic (exact) mass is 359 g/mol. The number of methoxy groups -OCH3 is 1. The van der Waals surface area contributed by atoms with Gasteiger partial charge in [0.1, 0.15) is 11.8 Å². The van der Waals surface area contributed by atoms with E-state index >= 15 is 0 Å². The highest BCUT2D eigenvalue weighted by Gasteiger charge is 2.34. The van der Waals surface area contributed by atoms with Crippen LogP contribution < -0.4 is 4.74 Å². The van der Waals surface area contributed by atoms with Crippen LogP contribution in [0.5, 0.6) is 5.75 Å². The highest BCUT2D eigenvalue weighted by molar-refractivity contribution is 6.30. The fourth-order valence-electron chi connectivity index (χ4n) is 3.08. The third kappa shape index (κ3) is 3.61. The molecule has 2 aromatic rings. The Morgan fingerprint density at radius 2 is 1.88 bits per heavy atom. The average Bonchev–Trinajstić information content (AvgIpc) is 3.11. The van der Waals surface area contributed by atoms with Crippen LogP contribution >= 0.6 is 11.6 Å². The third-order valence-electron chi connectivity index (χ3n) is 4.37. The van der Waals surface area contributed by atoms with Crippen LogP contribution in [0.15, 0.2) is 42.5 Å². The van der Waals surface area contributed by atoms with Crippen LogP contribution in [0.25, 0.3) is 11.1 Å². The van der Waals surface area contributed by atoms with E-state index in [2.05, 4.69) is 0 Å². The van der Waals surface area contributed by atoms with Crippen molar-refractivity contribution in [3.63, 3.8) is 0 Å². The number of likely N-dealkylation sites (tertiary alicyclic amines) is 1. The van der Waals surface area contributed by atoms with Crippen LogP contribution in [0.3, 0.4) is 0 Å². The summed E-state index contributed by atoms with van der Waals surface area (Å²) in [7, 11) is 1.53. The molecule has 0 saturated carbocycles. The van der Waals surface area contributed by atoms with Gasteiger partial charge < -0.3 is 14.7 Å². The predicted octanol–water partition coefficient (Wildman–Crippen LogP) is 3.70. The van der Waals surface area contributed by atoms with Gasteiger partial charge in [0.2, 0.25) is 0 Å². The minimum absolute atomic E-state index is 0.293. The second-order valence-corrected chi connectivity index (χ2v) is 6.39. The first-order valence-corrected chi connectivity index (χ1v) is 8.36. The molecule has 2 aromatic carbocycles. The largest absolute Gasteiger partial charge is 0.497 e. The molecule has 3 rings (SSSR count). The van der Waals surface area contributed by atoms with Gasteiger partial charge in [-0.05, 0) is 54.3 Å². The molecule has 1 aliphatic heterocycles. The molecule has 0 spiro atoms. The van der Waals surface area contributed by atoms with Gasteiger partial charge in [-0.2, -0.15) is 0 Å². The Hall–Kier alpha value is -2.53. The molecule has 130 valence electrons. The Morgan fingerprint density at radius 3 is 2.52 bits per heavy atom. The molecule has 0 radical (unpaired) electrons. The van der Waals surface area contributed by atoms with Crippen molar-refractivity contribution in [1.29, 1.82) is 0 Å². The first-order chi connectivity index (χ1) is 12.0. The van der Waals surface area contributed by atoms with E-state index in [-0.39, 0.29) is 5.91 Å². The normalized spacial score (nSPS) is 16.7.